The van der Waals surface area contributed by atoms with Gasteiger partial charge in [0.1, 0.15) is 0 Å². The van der Waals surface area contributed by atoms with E-state index in [2.05, 4.69) is 14.3 Å². The quantitative estimate of drug-likeness (QED) is 0.648. The molecule has 0 aromatic carbocycles. The molecule has 0 unspecified atom stereocenters. The second-order valence-corrected chi connectivity index (χ2v) is 2.85. The molecule has 0 fully saturated rings. The molecule has 0 N–H and O–H groups in total. The van der Waals surface area contributed by atoms with Gasteiger partial charge in [-0.25, -0.2) is 9.78 Å². The van der Waals surface area contributed by atoms with Gasteiger partial charge < -0.3 is 0 Å². The zero-order valence-corrected chi connectivity index (χ0v) is 7.13. The monoisotopic (exact) mass is 206 g/mol. The molecule has 0 aliphatic rings. The van der Waals surface area contributed by atoms with Crippen LogP contribution in [0.15, 0.2) is 15.4 Å². The molecule has 8 heteroatoms. The van der Waals surface area contributed by atoms with Crippen LogP contribution in [-0.2, 0) is 15.3 Å². The van der Waals surface area contributed by atoms with Crippen molar-refractivity contribution < 1.29 is 18.0 Å². The molecule has 1 rings (SSSR count). The van der Waals surface area contributed by atoms with Crippen LogP contribution in [0, 0.1) is 0 Å². The van der Waals surface area contributed by atoms with Crippen molar-refractivity contribution in [3.05, 3.63) is 16.6 Å². The lowest BCUT2D eigenvalue weighted by Gasteiger charge is -1.86. The fraction of sp³-hybridized carbons (Fsp3) is 0. The van der Waals surface area contributed by atoms with Crippen molar-refractivity contribution in [2.75, 3.05) is 0 Å². The molecular weight excluding hydrogens is 204 g/mol. The molecule has 1 aromatic rings. The van der Waals surface area contributed by atoms with Crippen LogP contribution in [0.1, 0.15) is 10.5 Å². The first-order valence-corrected chi connectivity index (χ1v) is 4.57. The van der Waals surface area contributed by atoms with E-state index >= 15 is 0 Å². The second kappa shape index (κ2) is 3.93. The SMILES string of the molecule is O=C(ON=S(=O)=O)c1cscn1. The average Bonchev–Trinajstić information content (AvgIpc) is 2.51. The lowest BCUT2D eigenvalue weighted by Crippen LogP contribution is -1.99. The topological polar surface area (TPSA) is 85.7 Å². The van der Waals surface area contributed by atoms with Crippen LogP contribution in [0.25, 0.3) is 0 Å². The van der Waals surface area contributed by atoms with Crippen LogP contribution < -0.4 is 0 Å². The van der Waals surface area contributed by atoms with E-state index in [1.807, 2.05) is 0 Å². The van der Waals surface area contributed by atoms with Gasteiger partial charge in [0, 0.05) is 5.38 Å². The molecule has 0 aliphatic heterocycles. The molecule has 0 radical (unpaired) electrons. The van der Waals surface area contributed by atoms with E-state index in [4.69, 9.17) is 0 Å². The fourth-order valence-electron chi connectivity index (χ4n) is 0.424. The highest BCUT2D eigenvalue weighted by Gasteiger charge is 2.08. The zero-order chi connectivity index (χ0) is 8.97. The van der Waals surface area contributed by atoms with Crippen molar-refractivity contribution in [3.63, 3.8) is 0 Å². The summed E-state index contributed by atoms with van der Waals surface area (Å²) in [6, 6.07) is 0. The van der Waals surface area contributed by atoms with E-state index in [-0.39, 0.29) is 5.69 Å². The highest BCUT2D eigenvalue weighted by atomic mass is 32.2. The fourth-order valence-corrected chi connectivity index (χ4v) is 1.07. The van der Waals surface area contributed by atoms with E-state index < -0.39 is 16.5 Å². The standard InChI is InChI=1S/C4H2N2O4S2/c7-4(10-6-12(8)9)3-1-11-2-5-3/h1-2H. The molecule has 6 nitrogen and oxygen atoms in total. The molecule has 12 heavy (non-hydrogen) atoms. The Morgan fingerprint density at radius 3 is 2.92 bits per heavy atom. The van der Waals surface area contributed by atoms with Crippen molar-refractivity contribution in [3.8, 4) is 0 Å². The Kier molecular flexibility index (Phi) is 2.88. The van der Waals surface area contributed by atoms with Crippen molar-refractivity contribution in [2.24, 2.45) is 4.53 Å². The van der Waals surface area contributed by atoms with Gasteiger partial charge in [-0.1, -0.05) is 0 Å². The summed E-state index contributed by atoms with van der Waals surface area (Å²) >= 11 is 1.19. The van der Waals surface area contributed by atoms with Gasteiger partial charge >= 0.3 is 16.5 Å². The highest BCUT2D eigenvalue weighted by molar-refractivity contribution is 7.61. The third-order valence-corrected chi connectivity index (χ3v) is 1.61. The number of thiazole rings is 1. The first kappa shape index (κ1) is 8.81. The number of carbonyl (C=O) groups is 1. The van der Waals surface area contributed by atoms with E-state index in [1.165, 1.54) is 22.2 Å². The van der Waals surface area contributed by atoms with Crippen LogP contribution in [-0.4, -0.2) is 19.4 Å². The predicted octanol–water partition coefficient (Wildman–Crippen LogP) is 0.278. The van der Waals surface area contributed by atoms with E-state index in [0.717, 1.165) is 0 Å². The van der Waals surface area contributed by atoms with Gasteiger partial charge in [0.15, 0.2) is 5.69 Å². The van der Waals surface area contributed by atoms with Crippen LogP contribution in [0.5, 0.6) is 0 Å². The number of carbonyl (C=O) groups excluding carboxylic acids is 1. The largest absolute Gasteiger partial charge is 0.386 e. The Hall–Kier alpha value is -1.28. The molecule has 0 atom stereocenters. The molecular formula is C4H2N2O4S2. The maximum Gasteiger partial charge on any atom is 0.386 e. The zero-order valence-electron chi connectivity index (χ0n) is 5.50. The summed E-state index contributed by atoms with van der Waals surface area (Å²) in [5, 5.41) is 1.42. The summed E-state index contributed by atoms with van der Waals surface area (Å²) in [4.78, 5) is 18.3. The number of hydrogen-bond donors (Lipinski definition) is 0. The number of nitrogens with zero attached hydrogens (tertiary/aromatic N) is 2. The Labute approximate surface area is 72.5 Å². The summed E-state index contributed by atoms with van der Waals surface area (Å²) in [6.07, 6.45) is 0. The molecule has 64 valence electrons. The maximum atomic E-state index is 10.8. The minimum absolute atomic E-state index is 0.0363. The van der Waals surface area contributed by atoms with Gasteiger partial charge in [-0.3, -0.25) is 4.84 Å². The molecule has 0 aliphatic carbocycles. The van der Waals surface area contributed by atoms with Gasteiger partial charge in [-0.2, -0.15) is 8.42 Å². The van der Waals surface area contributed by atoms with Crippen molar-refractivity contribution >= 4 is 27.8 Å². The number of aromatic nitrogens is 1. The Morgan fingerprint density at radius 2 is 2.42 bits per heavy atom. The lowest BCUT2D eigenvalue weighted by molar-refractivity contribution is 0.0518. The van der Waals surface area contributed by atoms with Crippen molar-refractivity contribution in [2.45, 2.75) is 0 Å². The minimum atomic E-state index is -2.74. The van der Waals surface area contributed by atoms with E-state index in [0.29, 0.717) is 0 Å². The van der Waals surface area contributed by atoms with Crippen molar-refractivity contribution in [1.29, 1.82) is 0 Å². The molecule has 1 aromatic heterocycles. The number of hydrogen-bond acceptors (Lipinski definition) is 7. The smallest absolute Gasteiger partial charge is 0.296 e. The van der Waals surface area contributed by atoms with E-state index in [1.54, 1.807) is 0 Å². The predicted molar refractivity (Wildman–Crippen MR) is 38.9 cm³/mol. The normalized spacial score (nSPS) is 9.00. The van der Waals surface area contributed by atoms with Gasteiger partial charge in [-0.05, 0) is 0 Å². The molecule has 0 bridgehead atoms. The molecule has 0 spiro atoms. The van der Waals surface area contributed by atoms with Crippen molar-refractivity contribution in [1.82, 2.24) is 4.98 Å². The third-order valence-electron chi connectivity index (χ3n) is 0.822. The molecule has 1 heterocycles. The summed E-state index contributed by atoms with van der Waals surface area (Å²) < 4.78 is 22.1. The first-order valence-electron chi connectivity index (χ1n) is 2.60. The molecule has 0 saturated carbocycles. The van der Waals surface area contributed by atoms with Crippen LogP contribution in [0.4, 0.5) is 0 Å². The number of rotatable bonds is 2. The van der Waals surface area contributed by atoms with Crippen LogP contribution in [0.3, 0.4) is 0 Å². The van der Waals surface area contributed by atoms with Gasteiger partial charge in [0.2, 0.25) is 0 Å². The summed E-state index contributed by atoms with van der Waals surface area (Å²) in [5.74, 6) is -0.888. The Bertz CT molecular complexity index is 385. The Balaban J connectivity index is 2.69. The van der Waals surface area contributed by atoms with Gasteiger partial charge in [-0.15, -0.1) is 11.3 Å². The van der Waals surface area contributed by atoms with Gasteiger partial charge in [0.05, 0.1) is 10.0 Å². The van der Waals surface area contributed by atoms with Gasteiger partial charge in [0.25, 0.3) is 0 Å². The third kappa shape index (κ3) is 2.40. The van der Waals surface area contributed by atoms with E-state index in [9.17, 15) is 13.2 Å². The lowest BCUT2D eigenvalue weighted by atomic mass is 10.5. The van der Waals surface area contributed by atoms with Crippen LogP contribution in [0.2, 0.25) is 0 Å². The maximum absolute atomic E-state index is 10.8. The highest BCUT2D eigenvalue weighted by Crippen LogP contribution is 2.02. The summed E-state index contributed by atoms with van der Waals surface area (Å²) in [7, 11) is -2.74. The summed E-state index contributed by atoms with van der Waals surface area (Å²) in [6.45, 7) is 0. The minimum Gasteiger partial charge on any atom is -0.296 e. The molecule has 0 amide bonds. The first-order chi connectivity index (χ1) is 5.70. The Morgan fingerprint density at radius 1 is 1.67 bits per heavy atom. The second-order valence-electron chi connectivity index (χ2n) is 1.54. The van der Waals surface area contributed by atoms with Crippen LogP contribution >= 0.6 is 11.3 Å². The summed E-state index contributed by atoms with van der Waals surface area (Å²) in [5.41, 5.74) is 1.46. The average molecular weight is 206 g/mol. The molecule has 0 saturated heterocycles.